The average Bonchev–Trinajstić information content (AvgIpc) is 2.95. The van der Waals surface area contributed by atoms with Gasteiger partial charge in [-0.3, -0.25) is 9.78 Å². The lowest BCUT2D eigenvalue weighted by atomic mass is 10.1. The minimum Gasteiger partial charge on any atom is -0.346 e. The summed E-state index contributed by atoms with van der Waals surface area (Å²) in [5, 5.41) is 7.14. The summed E-state index contributed by atoms with van der Waals surface area (Å²) in [5.41, 5.74) is 1.06. The van der Waals surface area contributed by atoms with Gasteiger partial charge in [0.05, 0.1) is 6.04 Å². The normalized spacial score (nSPS) is 12.1. The molecule has 21 heavy (non-hydrogen) atoms. The smallest absolute Gasteiger partial charge is 0.220 e. The van der Waals surface area contributed by atoms with Crippen molar-refractivity contribution < 1.29 is 4.79 Å². The molecule has 0 spiro atoms. The highest BCUT2D eigenvalue weighted by atomic mass is 16.1. The highest BCUT2D eigenvalue weighted by Gasteiger charge is 2.15. The Morgan fingerprint density at radius 3 is 3.05 bits per heavy atom. The van der Waals surface area contributed by atoms with E-state index in [0.717, 1.165) is 24.4 Å². The molecule has 0 bridgehead atoms. The summed E-state index contributed by atoms with van der Waals surface area (Å²) in [6.07, 6.45) is 7.16. The van der Waals surface area contributed by atoms with Crippen LogP contribution in [0.1, 0.15) is 44.1 Å². The van der Waals surface area contributed by atoms with Crippen LogP contribution in [0.2, 0.25) is 0 Å². The van der Waals surface area contributed by atoms with Gasteiger partial charge in [0, 0.05) is 25.4 Å². The number of aryl methyl sites for hydroxylation is 2. The maximum atomic E-state index is 12.0. The second-order valence-electron chi connectivity index (χ2n) is 4.99. The summed E-state index contributed by atoms with van der Waals surface area (Å²) < 4.78 is 1.84. The van der Waals surface area contributed by atoms with E-state index in [9.17, 15) is 4.79 Å². The van der Waals surface area contributed by atoms with Gasteiger partial charge in [0.25, 0.3) is 0 Å². The molecule has 0 saturated carbocycles. The number of amides is 1. The van der Waals surface area contributed by atoms with Crippen molar-refractivity contribution >= 4 is 5.91 Å². The number of aromatic nitrogens is 4. The van der Waals surface area contributed by atoms with Gasteiger partial charge in [-0.1, -0.05) is 13.0 Å². The molecule has 112 valence electrons. The number of pyridine rings is 1. The zero-order chi connectivity index (χ0) is 15.1. The lowest BCUT2D eigenvalue weighted by Crippen LogP contribution is -2.29. The van der Waals surface area contributed by atoms with Crippen molar-refractivity contribution in [3.8, 4) is 0 Å². The van der Waals surface area contributed by atoms with Crippen molar-refractivity contribution in [1.82, 2.24) is 25.1 Å². The molecule has 0 aliphatic heterocycles. The highest BCUT2D eigenvalue weighted by molar-refractivity contribution is 5.76. The molecular formula is C15H21N5O. The van der Waals surface area contributed by atoms with E-state index in [4.69, 9.17) is 0 Å². The zero-order valence-corrected chi connectivity index (χ0v) is 12.5. The summed E-state index contributed by atoms with van der Waals surface area (Å²) in [7, 11) is 0. The number of hydrogen-bond acceptors (Lipinski definition) is 4. The molecule has 2 heterocycles. The van der Waals surface area contributed by atoms with Crippen molar-refractivity contribution in [3.63, 3.8) is 0 Å². The van der Waals surface area contributed by atoms with E-state index in [-0.39, 0.29) is 11.9 Å². The van der Waals surface area contributed by atoms with Gasteiger partial charge in [0.1, 0.15) is 12.2 Å². The molecule has 2 aromatic heterocycles. The largest absolute Gasteiger partial charge is 0.346 e. The molecule has 6 nitrogen and oxygen atoms in total. The number of carbonyl (C=O) groups excluding carboxylic acids is 1. The lowest BCUT2D eigenvalue weighted by Gasteiger charge is -2.14. The quantitative estimate of drug-likeness (QED) is 0.844. The number of rotatable bonds is 7. The minimum atomic E-state index is -0.138. The molecule has 1 amide bonds. The van der Waals surface area contributed by atoms with Crippen LogP contribution in [0.5, 0.6) is 0 Å². The third kappa shape index (κ3) is 4.37. The van der Waals surface area contributed by atoms with E-state index >= 15 is 0 Å². The molecule has 1 atom stereocenters. The SMILES string of the molecule is CCCn1ncnc1[C@@H](C)NC(=O)CCc1cccnc1. The van der Waals surface area contributed by atoms with Crippen molar-refractivity contribution in [2.24, 2.45) is 0 Å². The molecular weight excluding hydrogens is 266 g/mol. The fourth-order valence-corrected chi connectivity index (χ4v) is 2.17. The van der Waals surface area contributed by atoms with Gasteiger partial charge in [0.2, 0.25) is 5.91 Å². The molecule has 0 aliphatic carbocycles. The summed E-state index contributed by atoms with van der Waals surface area (Å²) >= 11 is 0. The Bertz CT molecular complexity index is 566. The molecule has 1 N–H and O–H groups in total. The van der Waals surface area contributed by atoms with E-state index in [2.05, 4.69) is 27.3 Å². The zero-order valence-electron chi connectivity index (χ0n) is 12.5. The summed E-state index contributed by atoms with van der Waals surface area (Å²) in [6, 6.07) is 3.71. The van der Waals surface area contributed by atoms with E-state index in [1.165, 1.54) is 6.33 Å². The Morgan fingerprint density at radius 1 is 1.48 bits per heavy atom. The van der Waals surface area contributed by atoms with Crippen LogP contribution in [0.4, 0.5) is 0 Å². The number of carbonyl (C=O) groups is 1. The van der Waals surface area contributed by atoms with Crippen molar-refractivity contribution in [2.75, 3.05) is 0 Å². The number of nitrogens with one attached hydrogen (secondary N) is 1. The molecule has 0 radical (unpaired) electrons. The first-order chi connectivity index (χ1) is 10.2. The average molecular weight is 287 g/mol. The monoisotopic (exact) mass is 287 g/mol. The second kappa shape index (κ2) is 7.52. The topological polar surface area (TPSA) is 72.7 Å². The Labute approximate surface area is 124 Å². The van der Waals surface area contributed by atoms with E-state index < -0.39 is 0 Å². The van der Waals surface area contributed by atoms with Crippen molar-refractivity contribution in [2.45, 2.75) is 45.7 Å². The van der Waals surface area contributed by atoms with E-state index in [1.807, 2.05) is 23.7 Å². The van der Waals surface area contributed by atoms with Gasteiger partial charge in [-0.15, -0.1) is 0 Å². The Hall–Kier alpha value is -2.24. The Morgan fingerprint density at radius 2 is 2.33 bits per heavy atom. The van der Waals surface area contributed by atoms with Crippen LogP contribution in [0.15, 0.2) is 30.9 Å². The van der Waals surface area contributed by atoms with Crippen molar-refractivity contribution in [1.29, 1.82) is 0 Å². The van der Waals surface area contributed by atoms with Crippen LogP contribution in [-0.4, -0.2) is 25.7 Å². The fourth-order valence-electron chi connectivity index (χ4n) is 2.17. The fraction of sp³-hybridized carbons (Fsp3) is 0.467. The third-order valence-corrected chi connectivity index (χ3v) is 3.21. The lowest BCUT2D eigenvalue weighted by molar-refractivity contribution is -0.121. The third-order valence-electron chi connectivity index (χ3n) is 3.21. The molecule has 2 rings (SSSR count). The maximum Gasteiger partial charge on any atom is 0.220 e. The van der Waals surface area contributed by atoms with Crippen LogP contribution in [0.25, 0.3) is 0 Å². The minimum absolute atomic E-state index is 0.0115. The van der Waals surface area contributed by atoms with Crippen LogP contribution in [0.3, 0.4) is 0 Å². The standard InChI is InChI=1S/C15H21N5O/c1-3-9-20-15(17-11-18-20)12(2)19-14(21)7-6-13-5-4-8-16-10-13/h4-5,8,10-12H,3,6-7,9H2,1-2H3,(H,19,21)/t12-/m1/s1. The molecule has 0 aromatic carbocycles. The Balaban J connectivity index is 1.85. The van der Waals surface area contributed by atoms with Gasteiger partial charge in [-0.2, -0.15) is 5.10 Å². The number of nitrogens with zero attached hydrogens (tertiary/aromatic N) is 4. The highest BCUT2D eigenvalue weighted by Crippen LogP contribution is 2.10. The number of hydrogen-bond donors (Lipinski definition) is 1. The summed E-state index contributed by atoms with van der Waals surface area (Å²) in [4.78, 5) is 20.3. The molecule has 0 saturated heterocycles. The first kappa shape index (κ1) is 15.2. The molecule has 2 aromatic rings. The van der Waals surface area contributed by atoms with Gasteiger partial charge >= 0.3 is 0 Å². The molecule has 0 unspecified atom stereocenters. The molecule has 6 heteroatoms. The molecule has 0 aliphatic rings. The summed E-state index contributed by atoms with van der Waals surface area (Å²) in [5.74, 6) is 0.809. The summed E-state index contributed by atoms with van der Waals surface area (Å²) in [6.45, 7) is 4.83. The van der Waals surface area contributed by atoms with Crippen LogP contribution in [0, 0.1) is 0 Å². The predicted molar refractivity (Wildman–Crippen MR) is 79.4 cm³/mol. The van der Waals surface area contributed by atoms with Crippen molar-refractivity contribution in [3.05, 3.63) is 42.2 Å². The Kier molecular flexibility index (Phi) is 5.43. The first-order valence-electron chi connectivity index (χ1n) is 7.26. The van der Waals surface area contributed by atoms with Gasteiger partial charge in [-0.05, 0) is 31.4 Å². The van der Waals surface area contributed by atoms with Crippen LogP contribution < -0.4 is 5.32 Å². The molecule has 0 fully saturated rings. The van der Waals surface area contributed by atoms with Crippen LogP contribution >= 0.6 is 0 Å². The van der Waals surface area contributed by atoms with E-state index in [1.54, 1.807) is 12.4 Å². The predicted octanol–water partition coefficient (Wildman–Crippen LogP) is 1.89. The van der Waals surface area contributed by atoms with Crippen LogP contribution in [-0.2, 0) is 17.8 Å². The second-order valence-corrected chi connectivity index (χ2v) is 4.99. The van der Waals surface area contributed by atoms with Gasteiger partial charge < -0.3 is 5.32 Å². The first-order valence-corrected chi connectivity index (χ1v) is 7.26. The van der Waals surface area contributed by atoms with E-state index in [0.29, 0.717) is 12.8 Å². The van der Waals surface area contributed by atoms with Gasteiger partial charge in [-0.25, -0.2) is 9.67 Å². The maximum absolute atomic E-state index is 12.0. The van der Waals surface area contributed by atoms with Gasteiger partial charge in [0.15, 0.2) is 0 Å².